The van der Waals surface area contributed by atoms with Crippen molar-refractivity contribution in [2.45, 2.75) is 19.8 Å². The number of aryl methyl sites for hydroxylation is 2. The van der Waals surface area contributed by atoms with Crippen LogP contribution in [0.4, 0.5) is 0 Å². The van der Waals surface area contributed by atoms with Gasteiger partial charge in [-0.25, -0.2) is 4.68 Å². The van der Waals surface area contributed by atoms with Crippen LogP contribution in [0.25, 0.3) is 0 Å². The van der Waals surface area contributed by atoms with Crippen LogP contribution >= 0.6 is 15.9 Å². The Bertz CT molecular complexity index is 654. The topological polar surface area (TPSA) is 61.9 Å². The van der Waals surface area contributed by atoms with Gasteiger partial charge in [0, 0.05) is 32.3 Å². The van der Waals surface area contributed by atoms with E-state index in [9.17, 15) is 4.79 Å². The Balaban J connectivity index is 2.01. The maximum absolute atomic E-state index is 11.5. The zero-order valence-electron chi connectivity index (χ0n) is 12.6. The Morgan fingerprint density at radius 1 is 1.33 bits per heavy atom. The van der Waals surface area contributed by atoms with Crippen LogP contribution in [0.1, 0.15) is 25.5 Å². The van der Waals surface area contributed by atoms with Gasteiger partial charge < -0.3 is 4.74 Å². The molecule has 0 fully saturated rings. The van der Waals surface area contributed by atoms with E-state index in [-0.39, 0.29) is 17.4 Å². The van der Waals surface area contributed by atoms with Crippen LogP contribution in [0.3, 0.4) is 0 Å². The van der Waals surface area contributed by atoms with E-state index in [1.54, 1.807) is 17.8 Å². The number of hydrogen-bond acceptors (Lipinski definition) is 4. The van der Waals surface area contributed by atoms with Gasteiger partial charge in [0.2, 0.25) is 5.88 Å². The standard InChI is InChI=1S/C14H19BrN4O2/c1-9(10(2)12-5-6-18(3)16-12)8-21-13-7-11(15)14(20)19(4)17-13/h5-7,9-10H,8H2,1-4H3/t9-,10+/m1/s1. The van der Waals surface area contributed by atoms with E-state index in [1.807, 2.05) is 19.3 Å². The first-order valence-corrected chi connectivity index (χ1v) is 7.54. The molecule has 2 atom stereocenters. The van der Waals surface area contributed by atoms with Crippen molar-refractivity contribution < 1.29 is 4.74 Å². The fourth-order valence-corrected chi connectivity index (χ4v) is 2.40. The summed E-state index contributed by atoms with van der Waals surface area (Å²) in [6, 6.07) is 3.61. The first kappa shape index (κ1) is 15.8. The van der Waals surface area contributed by atoms with Crippen molar-refractivity contribution in [2.24, 2.45) is 20.0 Å². The minimum Gasteiger partial charge on any atom is -0.476 e. The third-order valence-electron chi connectivity index (χ3n) is 3.55. The molecule has 0 aliphatic rings. The molecule has 0 aliphatic carbocycles. The number of rotatable bonds is 5. The molecule has 0 aromatic carbocycles. The summed E-state index contributed by atoms with van der Waals surface area (Å²) in [4.78, 5) is 11.5. The predicted molar refractivity (Wildman–Crippen MR) is 83.5 cm³/mol. The Morgan fingerprint density at radius 2 is 2.05 bits per heavy atom. The smallest absolute Gasteiger partial charge is 0.281 e. The minimum atomic E-state index is -0.183. The Morgan fingerprint density at radius 3 is 2.62 bits per heavy atom. The normalized spacial score (nSPS) is 14.0. The molecule has 2 aromatic heterocycles. The van der Waals surface area contributed by atoms with Crippen molar-refractivity contribution in [1.82, 2.24) is 19.6 Å². The fourth-order valence-electron chi connectivity index (χ4n) is 1.95. The lowest BCUT2D eigenvalue weighted by atomic mass is 9.94. The van der Waals surface area contributed by atoms with Crippen molar-refractivity contribution in [2.75, 3.05) is 6.61 Å². The first-order chi connectivity index (χ1) is 9.88. The Labute approximate surface area is 131 Å². The molecule has 0 saturated carbocycles. The van der Waals surface area contributed by atoms with Crippen LogP contribution in [0.15, 0.2) is 27.6 Å². The van der Waals surface area contributed by atoms with E-state index in [4.69, 9.17) is 4.74 Å². The van der Waals surface area contributed by atoms with Crippen LogP contribution in [0, 0.1) is 5.92 Å². The maximum Gasteiger partial charge on any atom is 0.281 e. The van der Waals surface area contributed by atoms with Crippen molar-refractivity contribution in [3.63, 3.8) is 0 Å². The van der Waals surface area contributed by atoms with Gasteiger partial charge >= 0.3 is 0 Å². The van der Waals surface area contributed by atoms with Gasteiger partial charge in [0.05, 0.1) is 16.8 Å². The van der Waals surface area contributed by atoms with Crippen molar-refractivity contribution in [3.05, 3.63) is 38.9 Å². The third-order valence-corrected chi connectivity index (χ3v) is 4.11. The molecule has 0 unspecified atom stereocenters. The first-order valence-electron chi connectivity index (χ1n) is 6.74. The number of ether oxygens (including phenoxy) is 1. The molecule has 0 aliphatic heterocycles. The number of hydrogen-bond donors (Lipinski definition) is 0. The molecule has 2 rings (SSSR count). The lowest BCUT2D eigenvalue weighted by Gasteiger charge is -2.18. The number of aromatic nitrogens is 4. The summed E-state index contributed by atoms with van der Waals surface area (Å²) < 4.78 is 9.20. The summed E-state index contributed by atoms with van der Waals surface area (Å²) in [5.41, 5.74) is 0.862. The third kappa shape index (κ3) is 3.72. The van der Waals surface area contributed by atoms with E-state index in [0.29, 0.717) is 17.0 Å². The van der Waals surface area contributed by atoms with Gasteiger partial charge in [-0.3, -0.25) is 9.48 Å². The zero-order chi connectivity index (χ0) is 15.6. The summed E-state index contributed by atoms with van der Waals surface area (Å²) in [6.07, 6.45) is 1.94. The Kier molecular flexibility index (Phi) is 4.82. The van der Waals surface area contributed by atoms with E-state index in [1.165, 1.54) is 4.68 Å². The monoisotopic (exact) mass is 354 g/mol. The van der Waals surface area contributed by atoms with E-state index in [2.05, 4.69) is 40.0 Å². The average molecular weight is 355 g/mol. The Hall–Kier alpha value is -1.63. The van der Waals surface area contributed by atoms with Crippen LogP contribution in [0.2, 0.25) is 0 Å². The van der Waals surface area contributed by atoms with Gasteiger partial charge in [0.15, 0.2) is 0 Å². The molecule has 0 radical (unpaired) electrons. The number of nitrogens with zero attached hydrogens (tertiary/aromatic N) is 4. The molecule has 2 aromatic rings. The van der Waals surface area contributed by atoms with Crippen LogP contribution in [-0.4, -0.2) is 26.2 Å². The SMILES string of the molecule is C[C@H](COc1cc(Br)c(=O)n(C)n1)[C@H](C)c1ccn(C)n1. The predicted octanol–water partition coefficient (Wildman–Crippen LogP) is 2.09. The van der Waals surface area contributed by atoms with Crippen molar-refractivity contribution >= 4 is 15.9 Å². The van der Waals surface area contributed by atoms with E-state index >= 15 is 0 Å². The molecule has 114 valence electrons. The summed E-state index contributed by atoms with van der Waals surface area (Å²) >= 11 is 3.21. The molecule has 0 bridgehead atoms. The summed E-state index contributed by atoms with van der Waals surface area (Å²) in [5.74, 6) is 0.990. The van der Waals surface area contributed by atoms with Crippen LogP contribution < -0.4 is 10.3 Å². The van der Waals surface area contributed by atoms with Gasteiger partial charge in [0.1, 0.15) is 0 Å². The van der Waals surface area contributed by atoms with Gasteiger partial charge in [-0.15, -0.1) is 5.10 Å². The molecule has 7 heteroatoms. The summed E-state index contributed by atoms with van der Waals surface area (Å²) in [7, 11) is 3.50. The van der Waals surface area contributed by atoms with Crippen molar-refractivity contribution in [1.29, 1.82) is 0 Å². The van der Waals surface area contributed by atoms with Gasteiger partial charge in [-0.2, -0.15) is 5.10 Å². The van der Waals surface area contributed by atoms with E-state index < -0.39 is 0 Å². The van der Waals surface area contributed by atoms with Crippen molar-refractivity contribution in [3.8, 4) is 5.88 Å². The molecule has 21 heavy (non-hydrogen) atoms. The summed E-state index contributed by atoms with van der Waals surface area (Å²) in [6.45, 7) is 4.74. The van der Waals surface area contributed by atoms with Crippen LogP contribution in [-0.2, 0) is 14.1 Å². The minimum absolute atomic E-state index is 0.183. The maximum atomic E-state index is 11.5. The molecule has 2 heterocycles. The highest BCUT2D eigenvalue weighted by Gasteiger charge is 2.18. The van der Waals surface area contributed by atoms with Crippen LogP contribution in [0.5, 0.6) is 5.88 Å². The van der Waals surface area contributed by atoms with Gasteiger partial charge in [-0.1, -0.05) is 13.8 Å². The second-order valence-electron chi connectivity index (χ2n) is 5.25. The highest BCUT2D eigenvalue weighted by Crippen LogP contribution is 2.23. The highest BCUT2D eigenvalue weighted by molar-refractivity contribution is 9.10. The zero-order valence-corrected chi connectivity index (χ0v) is 14.2. The van der Waals surface area contributed by atoms with Gasteiger partial charge in [0.25, 0.3) is 5.56 Å². The molecule has 0 saturated heterocycles. The largest absolute Gasteiger partial charge is 0.476 e. The molecule has 0 spiro atoms. The lowest BCUT2D eigenvalue weighted by Crippen LogP contribution is -2.22. The number of halogens is 1. The highest BCUT2D eigenvalue weighted by atomic mass is 79.9. The molecule has 6 nitrogen and oxygen atoms in total. The molecular weight excluding hydrogens is 336 g/mol. The van der Waals surface area contributed by atoms with E-state index in [0.717, 1.165) is 5.69 Å². The van der Waals surface area contributed by atoms with Gasteiger partial charge in [-0.05, 0) is 27.9 Å². The molecule has 0 amide bonds. The lowest BCUT2D eigenvalue weighted by molar-refractivity contribution is 0.227. The average Bonchev–Trinajstić information content (AvgIpc) is 2.87. The molecular formula is C14H19BrN4O2. The fraction of sp³-hybridized carbons (Fsp3) is 0.500. The summed E-state index contributed by atoms with van der Waals surface area (Å²) in [5, 5.41) is 8.49. The second-order valence-corrected chi connectivity index (χ2v) is 6.10. The quantitative estimate of drug-likeness (QED) is 0.824. The second kappa shape index (κ2) is 6.43. The molecule has 0 N–H and O–H groups in total.